The first-order valence-electron chi connectivity index (χ1n) is 9.75. The number of fused-ring (bicyclic) bond motifs is 1. The van der Waals surface area contributed by atoms with Crippen LogP contribution in [0.2, 0.25) is 5.02 Å². The molecule has 2 N–H and O–H groups in total. The van der Waals surface area contributed by atoms with Gasteiger partial charge in [0.15, 0.2) is 0 Å². The van der Waals surface area contributed by atoms with Crippen molar-refractivity contribution in [1.29, 1.82) is 0 Å². The van der Waals surface area contributed by atoms with E-state index in [9.17, 15) is 14.0 Å². The summed E-state index contributed by atoms with van der Waals surface area (Å²) < 4.78 is 14.6. The van der Waals surface area contributed by atoms with E-state index in [-0.39, 0.29) is 17.7 Å². The number of carbonyl (C=O) groups is 2. The maximum atomic E-state index is 13.9. The van der Waals surface area contributed by atoms with Gasteiger partial charge in [0.1, 0.15) is 5.82 Å². The molecule has 29 heavy (non-hydrogen) atoms. The summed E-state index contributed by atoms with van der Waals surface area (Å²) in [6, 6.07) is 6.95. The molecule has 0 saturated heterocycles. The van der Waals surface area contributed by atoms with E-state index in [0.717, 1.165) is 12.8 Å². The fourth-order valence-electron chi connectivity index (χ4n) is 4.96. The Hall–Kier alpha value is -1.92. The van der Waals surface area contributed by atoms with Gasteiger partial charge in [-0.25, -0.2) is 4.39 Å². The zero-order chi connectivity index (χ0) is 20.3. The number of carbonyl (C=O) groups excluding carboxylic acids is 2. The van der Waals surface area contributed by atoms with Crippen LogP contribution in [-0.2, 0) is 4.79 Å². The highest BCUT2D eigenvalue weighted by Crippen LogP contribution is 2.58. The summed E-state index contributed by atoms with van der Waals surface area (Å²) in [5, 5.41) is 6.26. The van der Waals surface area contributed by atoms with E-state index >= 15 is 0 Å². The third kappa shape index (κ3) is 3.17. The second-order valence-electron chi connectivity index (χ2n) is 8.43. The minimum atomic E-state index is -0.622. The van der Waals surface area contributed by atoms with Gasteiger partial charge in [0.2, 0.25) is 5.91 Å². The summed E-state index contributed by atoms with van der Waals surface area (Å²) in [6.07, 6.45) is 5.58. The Morgan fingerprint density at radius 2 is 2.00 bits per heavy atom. The molecule has 150 valence electrons. The number of hydrogen-bond donors (Lipinski definition) is 2. The van der Waals surface area contributed by atoms with Gasteiger partial charge in [-0.1, -0.05) is 34.0 Å². The predicted molar refractivity (Wildman–Crippen MR) is 112 cm³/mol. The van der Waals surface area contributed by atoms with Crippen molar-refractivity contribution in [3.63, 3.8) is 0 Å². The zero-order valence-electron chi connectivity index (χ0n) is 15.5. The molecule has 2 aromatic rings. The average Bonchev–Trinajstić information content (AvgIpc) is 2.91. The Morgan fingerprint density at radius 1 is 1.24 bits per heavy atom. The van der Waals surface area contributed by atoms with Gasteiger partial charge < -0.3 is 10.6 Å². The highest BCUT2D eigenvalue weighted by atomic mass is 79.9. The van der Waals surface area contributed by atoms with E-state index in [2.05, 4.69) is 26.6 Å². The summed E-state index contributed by atoms with van der Waals surface area (Å²) in [4.78, 5) is 25.4. The summed E-state index contributed by atoms with van der Waals surface area (Å²) in [5.74, 6) is -0.730. The van der Waals surface area contributed by atoms with Crippen molar-refractivity contribution in [2.24, 2.45) is 11.3 Å². The van der Waals surface area contributed by atoms with Gasteiger partial charge >= 0.3 is 0 Å². The predicted octanol–water partition coefficient (Wildman–Crippen LogP) is 5.59. The minimum absolute atomic E-state index is 0.00574. The van der Waals surface area contributed by atoms with Gasteiger partial charge in [0, 0.05) is 37.8 Å². The van der Waals surface area contributed by atoms with Crippen LogP contribution in [-0.4, -0.2) is 11.8 Å². The smallest absolute Gasteiger partial charge is 0.252 e. The molecule has 4 nitrogen and oxygen atoms in total. The van der Waals surface area contributed by atoms with Crippen LogP contribution >= 0.6 is 27.5 Å². The maximum absolute atomic E-state index is 13.9. The van der Waals surface area contributed by atoms with Gasteiger partial charge in [0.25, 0.3) is 5.91 Å². The Labute approximate surface area is 181 Å². The fraction of sp³-hybridized carbons (Fsp3) is 0.364. The first-order valence-corrected chi connectivity index (χ1v) is 10.9. The molecular weight excluding hydrogens is 459 g/mol. The van der Waals surface area contributed by atoms with Crippen molar-refractivity contribution in [2.75, 3.05) is 5.32 Å². The number of hydrogen-bond acceptors (Lipinski definition) is 2. The third-order valence-electron chi connectivity index (χ3n) is 6.62. The van der Waals surface area contributed by atoms with Gasteiger partial charge in [-0.3, -0.25) is 9.59 Å². The van der Waals surface area contributed by atoms with Gasteiger partial charge in [-0.05, 0) is 61.4 Å². The summed E-state index contributed by atoms with van der Waals surface area (Å²) in [7, 11) is 0. The van der Waals surface area contributed by atoms with Crippen LogP contribution in [0.4, 0.5) is 10.1 Å². The molecule has 1 spiro atoms. The largest absolute Gasteiger partial charge is 0.341 e. The van der Waals surface area contributed by atoms with Crippen LogP contribution in [0, 0.1) is 17.2 Å². The van der Waals surface area contributed by atoms with Crippen molar-refractivity contribution in [3.8, 4) is 0 Å². The molecular formula is C22H19BrClFN2O2. The van der Waals surface area contributed by atoms with Crippen molar-refractivity contribution in [3.05, 3.63) is 62.3 Å². The molecule has 1 atom stereocenters. The summed E-state index contributed by atoms with van der Waals surface area (Å²) >= 11 is 9.73. The lowest BCUT2D eigenvalue weighted by atomic mass is 9.51. The number of amides is 2. The molecule has 5 rings (SSSR count). The van der Waals surface area contributed by atoms with Crippen LogP contribution in [0.25, 0.3) is 0 Å². The van der Waals surface area contributed by atoms with E-state index < -0.39 is 11.9 Å². The van der Waals surface area contributed by atoms with Crippen LogP contribution < -0.4 is 10.6 Å². The van der Waals surface area contributed by atoms with E-state index in [1.54, 1.807) is 12.1 Å². The molecule has 2 fully saturated rings. The normalized spacial score (nSPS) is 21.9. The van der Waals surface area contributed by atoms with Crippen LogP contribution in [0.1, 0.15) is 59.6 Å². The monoisotopic (exact) mass is 476 g/mol. The van der Waals surface area contributed by atoms with Crippen molar-refractivity contribution < 1.29 is 14.0 Å². The Balaban J connectivity index is 1.49. The van der Waals surface area contributed by atoms with E-state index in [4.69, 9.17) is 11.6 Å². The summed E-state index contributed by atoms with van der Waals surface area (Å²) in [6.45, 7) is 0. The lowest BCUT2D eigenvalue weighted by molar-refractivity contribution is -0.131. The maximum Gasteiger partial charge on any atom is 0.252 e. The van der Waals surface area contributed by atoms with Gasteiger partial charge in [-0.2, -0.15) is 0 Å². The molecule has 1 aliphatic heterocycles. The number of halogens is 3. The van der Waals surface area contributed by atoms with Crippen LogP contribution in [0.15, 0.2) is 34.8 Å². The molecule has 0 bridgehead atoms. The molecule has 2 aromatic carbocycles. The summed E-state index contributed by atoms with van der Waals surface area (Å²) in [5.41, 5.74) is 2.49. The number of nitrogens with one attached hydrogen (secondary N) is 2. The molecule has 2 amide bonds. The standard InChI is InChI=1S/C22H19BrClFN2O2/c23-12-6-15-18(19(27-21(15)29)14-8-13(25)2-3-16(14)24)17(7-12)26-20(28)11-9-22(10-11)4-1-5-22/h2-3,6-8,11,19H,1,4-5,9-10H2,(H,26,28)(H,27,29). The van der Waals surface area contributed by atoms with Crippen LogP contribution in [0.5, 0.6) is 0 Å². The Morgan fingerprint density at radius 3 is 2.69 bits per heavy atom. The molecule has 7 heteroatoms. The molecule has 2 aliphatic carbocycles. The topological polar surface area (TPSA) is 58.2 Å². The highest BCUT2D eigenvalue weighted by Gasteiger charge is 2.50. The first-order chi connectivity index (χ1) is 13.8. The molecule has 2 saturated carbocycles. The lowest BCUT2D eigenvalue weighted by Crippen LogP contribution is -2.47. The average molecular weight is 478 g/mol. The highest BCUT2D eigenvalue weighted by molar-refractivity contribution is 9.10. The van der Waals surface area contributed by atoms with Gasteiger partial charge in [0.05, 0.1) is 6.04 Å². The van der Waals surface area contributed by atoms with Gasteiger partial charge in [-0.15, -0.1) is 0 Å². The second-order valence-corrected chi connectivity index (χ2v) is 9.76. The van der Waals surface area contributed by atoms with Crippen LogP contribution in [0.3, 0.4) is 0 Å². The molecule has 3 aliphatic rings. The number of rotatable bonds is 3. The zero-order valence-corrected chi connectivity index (χ0v) is 17.9. The minimum Gasteiger partial charge on any atom is -0.341 e. The molecule has 1 heterocycles. The lowest BCUT2D eigenvalue weighted by Gasteiger charge is -2.53. The SMILES string of the molecule is O=C1NC(c2cc(F)ccc2Cl)c2c(NC(=O)C3CC4(CCC4)C3)cc(Br)cc21. The second kappa shape index (κ2) is 6.81. The number of anilines is 1. The van der Waals surface area contributed by atoms with Crippen molar-refractivity contribution in [2.45, 2.75) is 38.1 Å². The van der Waals surface area contributed by atoms with Crippen molar-refractivity contribution >= 4 is 45.0 Å². The third-order valence-corrected chi connectivity index (χ3v) is 7.43. The molecule has 1 unspecified atom stereocenters. The van der Waals surface area contributed by atoms with E-state index in [1.165, 1.54) is 37.5 Å². The molecule has 0 aromatic heterocycles. The first kappa shape index (κ1) is 19.1. The van der Waals surface area contributed by atoms with E-state index in [1.807, 2.05) is 0 Å². The Kier molecular flexibility index (Phi) is 4.48. The molecule has 0 radical (unpaired) electrons. The van der Waals surface area contributed by atoms with E-state index in [0.29, 0.717) is 37.3 Å². The fourth-order valence-corrected chi connectivity index (χ4v) is 5.65. The quantitative estimate of drug-likeness (QED) is 0.605. The number of benzene rings is 2. The van der Waals surface area contributed by atoms with Crippen molar-refractivity contribution in [1.82, 2.24) is 5.32 Å². The Bertz CT molecular complexity index is 1050.